The molecule has 3 aromatic rings. The van der Waals surface area contributed by atoms with Crippen LogP contribution in [-0.2, 0) is 4.74 Å². The van der Waals surface area contributed by atoms with Crippen molar-refractivity contribution < 1.29 is 23.4 Å². The number of hydrogen-bond acceptors (Lipinski definition) is 9. The Kier molecular flexibility index (Phi) is 5.32. The first-order chi connectivity index (χ1) is 16.3. The Balaban J connectivity index is 1.42. The smallest absolute Gasteiger partial charge is 0.321 e. The van der Waals surface area contributed by atoms with Crippen molar-refractivity contribution in [3.05, 3.63) is 17.4 Å². The van der Waals surface area contributed by atoms with E-state index in [1.807, 2.05) is 11.0 Å². The molecule has 3 saturated heterocycles. The van der Waals surface area contributed by atoms with Crippen molar-refractivity contribution in [2.75, 3.05) is 50.9 Å². The van der Waals surface area contributed by atoms with Gasteiger partial charge in [0.2, 0.25) is 5.71 Å². The maximum atomic E-state index is 14.2. The number of aliphatic hydroxyl groups is 1. The molecule has 6 rings (SSSR count). The number of rotatable bonds is 4. The molecule has 0 spiro atoms. The van der Waals surface area contributed by atoms with Gasteiger partial charge in [-0.1, -0.05) is 11.6 Å². The van der Waals surface area contributed by atoms with Crippen molar-refractivity contribution >= 4 is 39.5 Å². The van der Waals surface area contributed by atoms with Crippen LogP contribution in [0.2, 0.25) is 5.15 Å². The number of hydrogen-bond donors (Lipinski definition) is 1. The van der Waals surface area contributed by atoms with E-state index in [4.69, 9.17) is 30.5 Å². The van der Waals surface area contributed by atoms with E-state index in [0.717, 1.165) is 24.8 Å². The molecule has 9 nitrogen and oxygen atoms in total. The van der Waals surface area contributed by atoms with E-state index in [2.05, 4.69) is 14.9 Å². The molecule has 3 fully saturated rings. The average molecular weight is 492 g/mol. The SMILES string of the molecule is C[C@@]1(O)COCCN(c2nc(OC[C@@]34CCCN3C[C@H](F)C4)nc3oc4c(Cl)nccc4c23)C1. The first-order valence-electron chi connectivity index (χ1n) is 11.7. The molecule has 0 saturated carbocycles. The largest absolute Gasteiger partial charge is 0.461 e. The first-order valence-corrected chi connectivity index (χ1v) is 12.0. The molecule has 182 valence electrons. The number of β-amino-alcohol motifs (C(OH)–C–C–N with tert-alkyl or cyclic N) is 1. The van der Waals surface area contributed by atoms with Gasteiger partial charge in [0.05, 0.1) is 30.7 Å². The Labute approximate surface area is 200 Å². The van der Waals surface area contributed by atoms with E-state index in [0.29, 0.717) is 61.8 Å². The number of ether oxygens (including phenoxy) is 2. The molecule has 0 bridgehead atoms. The van der Waals surface area contributed by atoms with Gasteiger partial charge in [0, 0.05) is 31.1 Å². The number of halogens is 2. The standard InChI is InChI=1S/C23H27ClFN5O4/c1-22(31)11-29(7-8-32-12-22)19-16-15-3-5-26-18(24)17(15)34-20(16)28-21(27-19)33-13-23-4-2-6-30(23)10-14(25)9-23/h3,5,14,31H,2,4,6-13H2,1H3/t14-,22+,23+/m1/s1. The van der Waals surface area contributed by atoms with Gasteiger partial charge >= 0.3 is 6.01 Å². The number of alkyl halides is 1. The molecule has 11 heteroatoms. The van der Waals surface area contributed by atoms with Crippen LogP contribution in [0.5, 0.6) is 6.01 Å². The fourth-order valence-corrected chi connectivity index (χ4v) is 5.85. The van der Waals surface area contributed by atoms with Gasteiger partial charge in [-0.05, 0) is 32.4 Å². The van der Waals surface area contributed by atoms with E-state index >= 15 is 0 Å². The lowest BCUT2D eigenvalue weighted by Crippen LogP contribution is -2.43. The summed E-state index contributed by atoms with van der Waals surface area (Å²) in [5.41, 5.74) is -0.637. The summed E-state index contributed by atoms with van der Waals surface area (Å²) in [5.74, 6) is 0.572. The Hall–Kier alpha value is -2.27. The summed E-state index contributed by atoms with van der Waals surface area (Å²) < 4.78 is 31.9. The molecule has 34 heavy (non-hydrogen) atoms. The molecule has 3 atom stereocenters. The van der Waals surface area contributed by atoms with Crippen LogP contribution in [0, 0.1) is 0 Å². The van der Waals surface area contributed by atoms with Crippen molar-refractivity contribution in [2.45, 2.75) is 43.5 Å². The monoisotopic (exact) mass is 491 g/mol. The molecule has 0 aliphatic carbocycles. The zero-order valence-corrected chi connectivity index (χ0v) is 19.7. The van der Waals surface area contributed by atoms with Crippen LogP contribution in [0.3, 0.4) is 0 Å². The molecule has 1 N–H and O–H groups in total. The highest BCUT2D eigenvalue weighted by Gasteiger charge is 2.49. The van der Waals surface area contributed by atoms with Crippen LogP contribution in [-0.4, -0.2) is 88.3 Å². The lowest BCUT2D eigenvalue weighted by molar-refractivity contribution is -0.0123. The third-order valence-corrected chi connectivity index (χ3v) is 7.42. The second-order valence-electron chi connectivity index (χ2n) is 9.93. The van der Waals surface area contributed by atoms with Crippen molar-refractivity contribution in [3.63, 3.8) is 0 Å². The van der Waals surface area contributed by atoms with Crippen LogP contribution < -0.4 is 9.64 Å². The Morgan fingerprint density at radius 1 is 1.35 bits per heavy atom. The predicted molar refractivity (Wildman–Crippen MR) is 124 cm³/mol. The van der Waals surface area contributed by atoms with E-state index < -0.39 is 11.8 Å². The summed E-state index contributed by atoms with van der Waals surface area (Å²) in [7, 11) is 0. The van der Waals surface area contributed by atoms with Gasteiger partial charge in [0.1, 0.15) is 24.2 Å². The normalized spacial score (nSPS) is 30.2. The summed E-state index contributed by atoms with van der Waals surface area (Å²) in [6, 6.07) is 1.96. The molecule has 3 aliphatic rings. The van der Waals surface area contributed by atoms with Crippen molar-refractivity contribution in [1.29, 1.82) is 0 Å². The number of furan rings is 1. The predicted octanol–water partition coefficient (Wildman–Crippen LogP) is 2.97. The molecule has 6 heterocycles. The maximum absolute atomic E-state index is 14.2. The van der Waals surface area contributed by atoms with Gasteiger partial charge in [-0.25, -0.2) is 9.37 Å². The summed E-state index contributed by atoms with van der Waals surface area (Å²) in [5, 5.41) is 12.4. The lowest BCUT2D eigenvalue weighted by atomic mass is 9.95. The molecule has 0 amide bonds. The van der Waals surface area contributed by atoms with E-state index in [1.165, 1.54) is 0 Å². The molecular formula is C23H27ClFN5O4. The van der Waals surface area contributed by atoms with E-state index in [-0.39, 0.29) is 23.3 Å². The summed E-state index contributed by atoms with van der Waals surface area (Å²) >= 11 is 6.30. The Morgan fingerprint density at radius 2 is 2.24 bits per heavy atom. The zero-order chi connectivity index (χ0) is 23.5. The second kappa shape index (κ2) is 8.15. The van der Waals surface area contributed by atoms with Crippen LogP contribution in [0.4, 0.5) is 10.2 Å². The van der Waals surface area contributed by atoms with Crippen LogP contribution in [0.1, 0.15) is 26.2 Å². The number of pyridine rings is 1. The minimum Gasteiger partial charge on any atom is -0.461 e. The third kappa shape index (κ3) is 3.77. The maximum Gasteiger partial charge on any atom is 0.321 e. The minimum atomic E-state index is -1.06. The van der Waals surface area contributed by atoms with Crippen molar-refractivity contribution in [1.82, 2.24) is 19.9 Å². The van der Waals surface area contributed by atoms with Gasteiger partial charge < -0.3 is 23.9 Å². The highest BCUT2D eigenvalue weighted by atomic mass is 35.5. The fraction of sp³-hybridized carbons (Fsp3) is 0.609. The summed E-state index contributed by atoms with van der Waals surface area (Å²) in [6.07, 6.45) is 3.14. The fourth-order valence-electron chi connectivity index (χ4n) is 5.66. The molecule has 0 unspecified atom stereocenters. The zero-order valence-electron chi connectivity index (χ0n) is 19.0. The topological polar surface area (TPSA) is 97.0 Å². The minimum absolute atomic E-state index is 0.152. The van der Waals surface area contributed by atoms with E-state index in [9.17, 15) is 9.50 Å². The van der Waals surface area contributed by atoms with Crippen molar-refractivity contribution in [2.24, 2.45) is 0 Å². The summed E-state index contributed by atoms with van der Waals surface area (Å²) in [6.45, 7) is 4.87. The Morgan fingerprint density at radius 3 is 3.12 bits per heavy atom. The van der Waals surface area contributed by atoms with Gasteiger partial charge in [0.15, 0.2) is 10.7 Å². The molecule has 0 aromatic carbocycles. The van der Waals surface area contributed by atoms with Crippen LogP contribution in [0.25, 0.3) is 22.1 Å². The quantitative estimate of drug-likeness (QED) is 0.552. The number of aromatic nitrogens is 3. The van der Waals surface area contributed by atoms with Gasteiger partial charge in [-0.15, -0.1) is 0 Å². The van der Waals surface area contributed by atoms with Crippen LogP contribution in [0.15, 0.2) is 16.7 Å². The van der Waals surface area contributed by atoms with Crippen LogP contribution >= 0.6 is 11.6 Å². The van der Waals surface area contributed by atoms with Gasteiger partial charge in [0.25, 0.3) is 0 Å². The second-order valence-corrected chi connectivity index (χ2v) is 10.3. The Bertz CT molecular complexity index is 1240. The first kappa shape index (κ1) is 22.2. The van der Waals surface area contributed by atoms with Gasteiger partial charge in [-0.3, -0.25) is 4.90 Å². The number of fused-ring (bicyclic) bond motifs is 4. The summed E-state index contributed by atoms with van der Waals surface area (Å²) in [4.78, 5) is 17.6. The third-order valence-electron chi connectivity index (χ3n) is 7.15. The van der Waals surface area contributed by atoms with E-state index in [1.54, 1.807) is 13.1 Å². The number of nitrogens with zero attached hydrogens (tertiary/aromatic N) is 5. The molecular weight excluding hydrogens is 465 g/mol. The molecule has 0 radical (unpaired) electrons. The van der Waals surface area contributed by atoms with Crippen molar-refractivity contribution in [3.8, 4) is 6.01 Å². The highest BCUT2D eigenvalue weighted by molar-refractivity contribution is 6.34. The molecule has 3 aliphatic heterocycles. The average Bonchev–Trinajstić information content (AvgIpc) is 3.40. The highest BCUT2D eigenvalue weighted by Crippen LogP contribution is 2.41. The number of anilines is 1. The molecule has 3 aromatic heterocycles. The van der Waals surface area contributed by atoms with Gasteiger partial charge in [-0.2, -0.15) is 9.97 Å². The lowest BCUT2D eigenvalue weighted by Gasteiger charge is -2.31.